The number of cyclic esters (lactones) is 1. The molecule has 4 rings (SSSR count). The van der Waals surface area contributed by atoms with Crippen molar-refractivity contribution in [2.24, 2.45) is 0 Å². The Labute approximate surface area is 148 Å². The van der Waals surface area contributed by atoms with Crippen molar-refractivity contribution in [1.82, 2.24) is 9.29 Å². The molecule has 2 aliphatic heterocycles. The van der Waals surface area contributed by atoms with Crippen molar-refractivity contribution in [2.45, 2.75) is 21.8 Å². The van der Waals surface area contributed by atoms with Crippen LogP contribution in [0.2, 0.25) is 0 Å². The molecule has 1 aromatic carbocycles. The predicted octanol–water partition coefficient (Wildman–Crippen LogP) is 1.26. The van der Waals surface area contributed by atoms with E-state index in [4.69, 9.17) is 13.9 Å². The summed E-state index contributed by atoms with van der Waals surface area (Å²) in [5, 5.41) is 0.00406. The summed E-state index contributed by atoms with van der Waals surface area (Å²) >= 11 is 1.20. The van der Waals surface area contributed by atoms with Crippen LogP contribution in [0.5, 0.6) is 0 Å². The third kappa shape index (κ3) is 3.26. The summed E-state index contributed by atoms with van der Waals surface area (Å²) in [5.74, 6) is -0.275. The molecule has 2 saturated heterocycles. The van der Waals surface area contributed by atoms with Gasteiger partial charge in [0.05, 0.1) is 24.7 Å². The Morgan fingerprint density at radius 2 is 2.00 bits per heavy atom. The number of hydrogen-bond donors (Lipinski definition) is 0. The van der Waals surface area contributed by atoms with Crippen molar-refractivity contribution in [3.63, 3.8) is 0 Å². The van der Waals surface area contributed by atoms with E-state index in [1.54, 1.807) is 6.07 Å². The Morgan fingerprint density at radius 3 is 2.72 bits per heavy atom. The van der Waals surface area contributed by atoms with E-state index < -0.39 is 10.0 Å². The van der Waals surface area contributed by atoms with Gasteiger partial charge < -0.3 is 13.9 Å². The number of rotatable bonds is 4. The fourth-order valence-corrected chi connectivity index (χ4v) is 5.08. The number of carbonyl (C=O) groups excluding carboxylic acids is 1. The highest BCUT2D eigenvalue weighted by molar-refractivity contribution is 8.00. The molecule has 1 aromatic heterocycles. The second-order valence-corrected chi connectivity index (χ2v) is 8.78. The van der Waals surface area contributed by atoms with Crippen LogP contribution in [0.3, 0.4) is 0 Å². The van der Waals surface area contributed by atoms with Gasteiger partial charge in [0.2, 0.25) is 10.0 Å². The predicted molar refractivity (Wildman–Crippen MR) is 88.8 cm³/mol. The Hall–Kier alpha value is -1.62. The zero-order valence-electron chi connectivity index (χ0n) is 13.2. The van der Waals surface area contributed by atoms with Gasteiger partial charge in [-0.05, 0) is 18.2 Å². The highest BCUT2D eigenvalue weighted by Gasteiger charge is 2.30. The number of ether oxygens (including phenoxy) is 2. The van der Waals surface area contributed by atoms with Crippen molar-refractivity contribution in [1.29, 1.82) is 0 Å². The van der Waals surface area contributed by atoms with Crippen molar-refractivity contribution in [3.8, 4) is 0 Å². The Balaban J connectivity index is 1.60. The lowest BCUT2D eigenvalue weighted by Crippen LogP contribution is -2.40. The van der Waals surface area contributed by atoms with Gasteiger partial charge in [-0.15, -0.1) is 0 Å². The van der Waals surface area contributed by atoms with Gasteiger partial charge in [-0.3, -0.25) is 4.79 Å². The number of esters is 1. The summed E-state index contributed by atoms with van der Waals surface area (Å²) in [6.45, 7) is 1.86. The van der Waals surface area contributed by atoms with E-state index in [1.807, 2.05) is 0 Å². The van der Waals surface area contributed by atoms with Crippen LogP contribution in [-0.4, -0.2) is 61.8 Å². The van der Waals surface area contributed by atoms with Gasteiger partial charge >= 0.3 is 5.97 Å². The topological polar surface area (TPSA) is 98.9 Å². The van der Waals surface area contributed by atoms with Crippen molar-refractivity contribution < 1.29 is 27.1 Å². The molecule has 2 fully saturated rings. The second-order valence-electron chi connectivity index (χ2n) is 5.69. The summed E-state index contributed by atoms with van der Waals surface area (Å²) < 4.78 is 42.5. The molecule has 8 nitrogen and oxygen atoms in total. The third-order valence-electron chi connectivity index (χ3n) is 4.08. The molecule has 0 N–H and O–H groups in total. The van der Waals surface area contributed by atoms with E-state index in [9.17, 15) is 13.2 Å². The lowest BCUT2D eigenvalue weighted by molar-refractivity contribution is -0.137. The summed E-state index contributed by atoms with van der Waals surface area (Å²) in [4.78, 5) is 16.0. The molecular formula is C15H16N2O6S2. The molecule has 10 heteroatoms. The van der Waals surface area contributed by atoms with E-state index in [-0.39, 0.29) is 16.1 Å². The maximum absolute atomic E-state index is 12.7. The van der Waals surface area contributed by atoms with E-state index in [2.05, 4.69) is 4.98 Å². The first-order valence-corrected chi connectivity index (χ1v) is 10.2. The molecule has 2 aromatic rings. The molecule has 0 spiro atoms. The number of aromatic nitrogens is 1. The minimum atomic E-state index is -3.58. The zero-order chi connectivity index (χ0) is 17.4. The number of benzene rings is 1. The van der Waals surface area contributed by atoms with Crippen molar-refractivity contribution in [2.75, 3.05) is 32.9 Å². The average Bonchev–Trinajstić information content (AvgIpc) is 3.21. The number of sulfonamides is 1. The Bertz CT molecular complexity index is 904. The molecule has 0 aliphatic carbocycles. The molecule has 0 saturated carbocycles. The molecule has 0 amide bonds. The summed E-state index contributed by atoms with van der Waals surface area (Å²) in [7, 11) is -3.58. The Morgan fingerprint density at radius 1 is 1.20 bits per heavy atom. The van der Waals surface area contributed by atoms with Crippen LogP contribution in [0.4, 0.5) is 0 Å². The van der Waals surface area contributed by atoms with Gasteiger partial charge in [0.1, 0.15) is 10.8 Å². The van der Waals surface area contributed by atoms with Crippen LogP contribution in [0.1, 0.15) is 6.42 Å². The maximum Gasteiger partial charge on any atom is 0.319 e. The van der Waals surface area contributed by atoms with Crippen molar-refractivity contribution >= 4 is 38.9 Å². The standard InChI is InChI=1S/C15H16N2O6S2/c18-14-13(3-6-22-14)24-15-16-11-9-10(1-2-12(11)23-15)25(19,20)17-4-7-21-8-5-17/h1-2,9,13H,3-8H2. The Kier molecular flexibility index (Phi) is 4.44. The van der Waals surface area contributed by atoms with E-state index >= 15 is 0 Å². The molecular weight excluding hydrogens is 368 g/mol. The zero-order valence-corrected chi connectivity index (χ0v) is 14.8. The van der Waals surface area contributed by atoms with Crippen LogP contribution >= 0.6 is 11.8 Å². The number of nitrogens with zero attached hydrogens (tertiary/aromatic N) is 2. The van der Waals surface area contributed by atoms with E-state index in [0.717, 1.165) is 0 Å². The number of hydrogen-bond acceptors (Lipinski definition) is 8. The van der Waals surface area contributed by atoms with Gasteiger partial charge in [0.15, 0.2) is 5.58 Å². The summed E-state index contributed by atoms with van der Waals surface area (Å²) in [6.07, 6.45) is 0.610. The highest BCUT2D eigenvalue weighted by Crippen LogP contribution is 2.32. The minimum Gasteiger partial charge on any atom is -0.465 e. The van der Waals surface area contributed by atoms with Crippen LogP contribution in [-0.2, 0) is 24.3 Å². The normalized spacial score (nSPS) is 22.4. The highest BCUT2D eigenvalue weighted by atomic mass is 32.2. The molecule has 134 valence electrons. The van der Waals surface area contributed by atoms with Gasteiger partial charge in [-0.25, -0.2) is 13.4 Å². The molecule has 1 atom stereocenters. The number of morpholine rings is 1. The van der Waals surface area contributed by atoms with Gasteiger partial charge in [-0.1, -0.05) is 11.8 Å². The lowest BCUT2D eigenvalue weighted by Gasteiger charge is -2.25. The summed E-state index contributed by atoms with van der Waals surface area (Å²) in [6, 6.07) is 4.60. The fraction of sp³-hybridized carbons (Fsp3) is 0.467. The van der Waals surface area contributed by atoms with Crippen LogP contribution in [0, 0.1) is 0 Å². The first-order chi connectivity index (χ1) is 12.0. The van der Waals surface area contributed by atoms with E-state index in [0.29, 0.717) is 55.7 Å². The van der Waals surface area contributed by atoms with Gasteiger partial charge in [0.25, 0.3) is 5.22 Å². The second kappa shape index (κ2) is 6.60. The van der Waals surface area contributed by atoms with Crippen LogP contribution in [0.25, 0.3) is 11.1 Å². The molecule has 3 heterocycles. The number of oxazole rings is 1. The largest absolute Gasteiger partial charge is 0.465 e. The molecule has 0 bridgehead atoms. The first kappa shape index (κ1) is 16.8. The number of fused-ring (bicyclic) bond motifs is 1. The monoisotopic (exact) mass is 384 g/mol. The van der Waals surface area contributed by atoms with Crippen molar-refractivity contribution in [3.05, 3.63) is 18.2 Å². The number of carbonyl (C=O) groups is 1. The minimum absolute atomic E-state index is 0.173. The fourth-order valence-electron chi connectivity index (χ4n) is 2.74. The first-order valence-electron chi connectivity index (χ1n) is 7.86. The number of thioether (sulfide) groups is 1. The molecule has 2 aliphatic rings. The SMILES string of the molecule is O=C1OCCC1Sc1nc2cc(S(=O)(=O)N3CCOCC3)ccc2o1. The van der Waals surface area contributed by atoms with Gasteiger partial charge in [0, 0.05) is 19.5 Å². The molecule has 1 unspecified atom stereocenters. The third-order valence-corrected chi connectivity index (χ3v) is 7.06. The molecule has 0 radical (unpaired) electrons. The maximum atomic E-state index is 12.7. The van der Waals surface area contributed by atoms with E-state index in [1.165, 1.54) is 28.2 Å². The van der Waals surface area contributed by atoms with Gasteiger partial charge in [-0.2, -0.15) is 4.31 Å². The lowest BCUT2D eigenvalue weighted by atomic mass is 10.3. The smallest absolute Gasteiger partial charge is 0.319 e. The van der Waals surface area contributed by atoms with Crippen LogP contribution in [0.15, 0.2) is 32.7 Å². The van der Waals surface area contributed by atoms with Crippen LogP contribution < -0.4 is 0 Å². The summed E-state index contributed by atoms with van der Waals surface area (Å²) in [5.41, 5.74) is 0.929. The molecule has 25 heavy (non-hydrogen) atoms. The average molecular weight is 384 g/mol. The quantitative estimate of drug-likeness (QED) is 0.727.